The van der Waals surface area contributed by atoms with Gasteiger partial charge in [-0.15, -0.1) is 11.3 Å². The highest BCUT2D eigenvalue weighted by atomic mass is 32.1. The van der Waals surface area contributed by atoms with Crippen LogP contribution in [0.3, 0.4) is 0 Å². The number of para-hydroxylation sites is 1. The van der Waals surface area contributed by atoms with Crippen LogP contribution < -0.4 is 10.2 Å². The molecule has 0 unspecified atom stereocenters. The van der Waals surface area contributed by atoms with Gasteiger partial charge in [0.25, 0.3) is 11.8 Å². The number of thiazole rings is 1. The largest absolute Gasteiger partial charge is 0.313 e. The van der Waals surface area contributed by atoms with Gasteiger partial charge in [0, 0.05) is 35.7 Å². The van der Waals surface area contributed by atoms with Crippen molar-refractivity contribution in [2.75, 3.05) is 16.8 Å². The number of fused-ring (bicyclic) bond motifs is 5. The van der Waals surface area contributed by atoms with Gasteiger partial charge < -0.3 is 10.2 Å². The lowest BCUT2D eigenvalue weighted by atomic mass is 10.0. The van der Waals surface area contributed by atoms with Crippen molar-refractivity contribution in [3.8, 4) is 0 Å². The first-order valence-corrected chi connectivity index (χ1v) is 11.5. The van der Waals surface area contributed by atoms with Gasteiger partial charge in [0.1, 0.15) is 6.17 Å². The van der Waals surface area contributed by atoms with Crippen molar-refractivity contribution in [1.29, 1.82) is 0 Å². The minimum Gasteiger partial charge on any atom is -0.313 e. The summed E-state index contributed by atoms with van der Waals surface area (Å²) in [5, 5.41) is 5.21. The van der Waals surface area contributed by atoms with E-state index in [0.717, 1.165) is 24.8 Å². The van der Waals surface area contributed by atoms with E-state index in [2.05, 4.69) is 10.3 Å². The molecule has 0 radical (unpaired) electrons. The van der Waals surface area contributed by atoms with Crippen molar-refractivity contribution in [2.45, 2.75) is 31.8 Å². The Morgan fingerprint density at radius 2 is 1.75 bits per heavy atom. The first-order valence-electron chi connectivity index (χ1n) is 10.7. The topological polar surface area (TPSA) is 82.6 Å². The van der Waals surface area contributed by atoms with Crippen LogP contribution in [-0.2, 0) is 4.79 Å². The highest BCUT2D eigenvalue weighted by Crippen LogP contribution is 2.45. The number of anilines is 2. The molecular weight excluding hydrogens is 424 g/mol. The monoisotopic (exact) mass is 446 g/mol. The van der Waals surface area contributed by atoms with E-state index in [0.29, 0.717) is 34.9 Å². The fourth-order valence-corrected chi connectivity index (χ4v) is 4.96. The molecule has 7 nitrogen and oxygen atoms in total. The molecule has 5 rings (SSSR count). The zero-order valence-electron chi connectivity index (χ0n) is 17.4. The number of nitrogens with one attached hydrogen (secondary N) is 1. The molecule has 32 heavy (non-hydrogen) atoms. The molecule has 8 heteroatoms. The summed E-state index contributed by atoms with van der Waals surface area (Å²) in [6, 6.07) is 14.8. The summed E-state index contributed by atoms with van der Waals surface area (Å²) in [6.07, 6.45) is 3.92. The predicted octanol–water partition coefficient (Wildman–Crippen LogP) is 4.46. The van der Waals surface area contributed by atoms with E-state index in [1.165, 1.54) is 11.3 Å². The summed E-state index contributed by atoms with van der Waals surface area (Å²) in [4.78, 5) is 46.1. The zero-order chi connectivity index (χ0) is 22.1. The van der Waals surface area contributed by atoms with Crippen molar-refractivity contribution in [3.05, 3.63) is 76.8 Å². The van der Waals surface area contributed by atoms with Crippen molar-refractivity contribution in [3.63, 3.8) is 0 Å². The lowest BCUT2D eigenvalue weighted by Crippen LogP contribution is -2.48. The zero-order valence-corrected chi connectivity index (χ0v) is 18.2. The Hall–Kier alpha value is -3.52. The molecule has 1 atom stereocenters. The van der Waals surface area contributed by atoms with Crippen molar-refractivity contribution < 1.29 is 14.4 Å². The van der Waals surface area contributed by atoms with E-state index in [4.69, 9.17) is 0 Å². The first-order chi connectivity index (χ1) is 15.6. The van der Waals surface area contributed by atoms with Gasteiger partial charge in [-0.2, -0.15) is 0 Å². The third-order valence-electron chi connectivity index (χ3n) is 5.86. The smallest absolute Gasteiger partial charge is 0.260 e. The number of amides is 3. The Bertz CT molecular complexity index is 1180. The van der Waals surface area contributed by atoms with Gasteiger partial charge in [0.05, 0.1) is 11.3 Å². The van der Waals surface area contributed by atoms with Gasteiger partial charge in [-0.25, -0.2) is 4.98 Å². The van der Waals surface area contributed by atoms with Crippen molar-refractivity contribution >= 4 is 39.9 Å². The Kier molecular flexibility index (Phi) is 5.45. The fourth-order valence-electron chi connectivity index (χ4n) is 4.41. The van der Waals surface area contributed by atoms with Crippen molar-refractivity contribution in [1.82, 2.24) is 9.88 Å². The molecule has 0 fully saturated rings. The lowest BCUT2D eigenvalue weighted by molar-refractivity contribution is -0.116. The third-order valence-corrected chi connectivity index (χ3v) is 6.55. The van der Waals surface area contributed by atoms with E-state index >= 15 is 0 Å². The highest BCUT2D eigenvalue weighted by molar-refractivity contribution is 7.13. The Morgan fingerprint density at radius 3 is 2.56 bits per heavy atom. The second kappa shape index (κ2) is 8.55. The second-order valence-corrected chi connectivity index (χ2v) is 8.74. The predicted molar refractivity (Wildman–Crippen MR) is 123 cm³/mol. The third kappa shape index (κ3) is 3.56. The molecule has 2 aliphatic rings. The number of rotatable bonds is 7. The molecule has 1 aromatic heterocycles. The maximum Gasteiger partial charge on any atom is 0.260 e. The van der Waals surface area contributed by atoms with E-state index in [9.17, 15) is 14.4 Å². The number of nitrogens with zero attached hydrogens (tertiary/aromatic N) is 3. The van der Waals surface area contributed by atoms with Crippen LogP contribution in [0.4, 0.5) is 10.8 Å². The summed E-state index contributed by atoms with van der Waals surface area (Å²) in [6.45, 7) is 0.518. The average Bonchev–Trinajstić information content (AvgIpc) is 3.42. The van der Waals surface area contributed by atoms with Crippen molar-refractivity contribution in [2.24, 2.45) is 0 Å². The van der Waals surface area contributed by atoms with Crippen LogP contribution in [0.2, 0.25) is 0 Å². The van der Waals surface area contributed by atoms with Crippen LogP contribution in [-0.4, -0.2) is 34.2 Å². The highest BCUT2D eigenvalue weighted by Gasteiger charge is 2.47. The van der Waals surface area contributed by atoms with Gasteiger partial charge in [-0.3, -0.25) is 19.3 Å². The summed E-state index contributed by atoms with van der Waals surface area (Å²) in [5.41, 5.74) is 2.72. The number of hydrogen-bond acceptors (Lipinski definition) is 5. The molecule has 2 aromatic carbocycles. The van der Waals surface area contributed by atoms with Gasteiger partial charge >= 0.3 is 0 Å². The van der Waals surface area contributed by atoms with Gasteiger partial charge in [0.15, 0.2) is 5.13 Å². The lowest BCUT2D eigenvalue weighted by Gasteiger charge is -2.41. The number of carbonyl (C=O) groups excluding carboxylic acids is 3. The SMILES string of the molecule is O=C(CCCCCN1C(=O)c2ccccc2N2C(=O)c3ccccc3[C@@H]12)Nc1nccs1. The van der Waals surface area contributed by atoms with Gasteiger partial charge in [-0.05, 0) is 31.0 Å². The molecule has 1 N–H and O–H groups in total. The summed E-state index contributed by atoms with van der Waals surface area (Å²) in [5.74, 6) is -0.188. The molecule has 3 heterocycles. The van der Waals surface area contributed by atoms with E-state index in [1.54, 1.807) is 22.1 Å². The van der Waals surface area contributed by atoms with Crippen LogP contribution >= 0.6 is 11.3 Å². The minimum atomic E-state index is -0.422. The molecular formula is C24H22N4O3S. The summed E-state index contributed by atoms with van der Waals surface area (Å²) >= 11 is 1.39. The molecule has 0 bridgehead atoms. The molecule has 0 saturated heterocycles. The molecule has 162 valence electrons. The number of hydrogen-bond donors (Lipinski definition) is 1. The van der Waals surface area contributed by atoms with Crippen LogP contribution in [0.15, 0.2) is 60.1 Å². The van der Waals surface area contributed by atoms with Crippen LogP contribution in [0.1, 0.15) is 58.1 Å². The van der Waals surface area contributed by atoms with Gasteiger partial charge in [0.2, 0.25) is 5.91 Å². The number of unbranched alkanes of at least 4 members (excludes halogenated alkanes) is 2. The average molecular weight is 447 g/mol. The van der Waals surface area contributed by atoms with Crippen LogP contribution in [0, 0.1) is 0 Å². The maximum atomic E-state index is 13.3. The first kappa shape index (κ1) is 20.4. The molecule has 2 aliphatic heterocycles. The Labute approximate surface area is 189 Å². The molecule has 3 amide bonds. The van der Waals surface area contributed by atoms with Crippen LogP contribution in [0.5, 0.6) is 0 Å². The van der Waals surface area contributed by atoms with Gasteiger partial charge in [-0.1, -0.05) is 36.8 Å². The van der Waals surface area contributed by atoms with E-state index in [1.807, 2.05) is 47.8 Å². The fraction of sp³-hybridized carbons (Fsp3) is 0.250. The van der Waals surface area contributed by atoms with E-state index in [-0.39, 0.29) is 17.7 Å². The minimum absolute atomic E-state index is 0.0515. The second-order valence-electron chi connectivity index (χ2n) is 7.85. The Balaban J connectivity index is 1.28. The van der Waals surface area contributed by atoms with Crippen LogP contribution in [0.25, 0.3) is 0 Å². The molecule has 0 aliphatic carbocycles. The number of aromatic nitrogens is 1. The molecule has 0 spiro atoms. The molecule has 0 saturated carbocycles. The Morgan fingerprint density at radius 1 is 0.969 bits per heavy atom. The summed E-state index contributed by atoms with van der Waals surface area (Å²) in [7, 11) is 0. The van der Waals surface area contributed by atoms with E-state index < -0.39 is 6.17 Å². The summed E-state index contributed by atoms with van der Waals surface area (Å²) < 4.78 is 0. The standard InChI is InChI=1S/C24H22N4O3S/c29-20(26-24-25-13-15-32-24)12-2-1-7-14-27-21-16-8-3-4-9-17(16)23(31)28(21)19-11-6-5-10-18(19)22(27)30/h3-6,8-11,13,15,21H,1-2,7,12,14H2,(H,25,26,29)/t21-/m0/s1. The number of carbonyl (C=O) groups is 3. The normalized spacial score (nSPS) is 16.6. The number of benzene rings is 2. The quantitative estimate of drug-likeness (QED) is 0.544. The molecule has 3 aromatic rings. The maximum absolute atomic E-state index is 13.3.